The molecule has 3 rings (SSSR count). The molecule has 1 amide bonds. The van der Waals surface area contributed by atoms with E-state index in [4.69, 9.17) is 4.74 Å². The van der Waals surface area contributed by atoms with Gasteiger partial charge in [0.1, 0.15) is 5.75 Å². The highest BCUT2D eigenvalue weighted by molar-refractivity contribution is 7.88. The molecule has 0 aliphatic carbocycles. The number of ether oxygens (including phenoxy) is 1. The lowest BCUT2D eigenvalue weighted by Gasteiger charge is -2.31. The number of carbonyl (C=O) groups excluding carboxylic acids is 1. The monoisotopic (exact) mass is 431 g/mol. The van der Waals surface area contributed by atoms with Crippen LogP contribution in [0.1, 0.15) is 21.5 Å². The van der Waals surface area contributed by atoms with Crippen LogP contribution in [0.15, 0.2) is 48.5 Å². The number of hydrogen-bond acceptors (Lipinski definition) is 5. The lowest BCUT2D eigenvalue weighted by Crippen LogP contribution is -2.47. The van der Waals surface area contributed by atoms with Crippen LogP contribution in [0, 0.1) is 0 Å². The lowest BCUT2D eigenvalue weighted by atomic mass is 10.1. The summed E-state index contributed by atoms with van der Waals surface area (Å²) in [5.41, 5.74) is 2.22. The van der Waals surface area contributed by atoms with E-state index in [1.807, 2.05) is 31.3 Å². The van der Waals surface area contributed by atoms with Crippen LogP contribution in [-0.2, 0) is 22.3 Å². The minimum Gasteiger partial charge on any atom is -0.497 e. The second kappa shape index (κ2) is 9.59. The van der Waals surface area contributed by atoms with Crippen molar-refractivity contribution in [3.8, 4) is 5.75 Å². The highest BCUT2D eigenvalue weighted by Crippen LogP contribution is 2.16. The van der Waals surface area contributed by atoms with E-state index < -0.39 is 10.0 Å². The number of sulfonamides is 1. The van der Waals surface area contributed by atoms with Gasteiger partial charge in [-0.15, -0.1) is 0 Å². The highest BCUT2D eigenvalue weighted by Gasteiger charge is 2.26. The first-order chi connectivity index (χ1) is 14.3. The number of benzene rings is 2. The molecular weight excluding hydrogens is 402 g/mol. The molecule has 1 heterocycles. The van der Waals surface area contributed by atoms with Gasteiger partial charge in [0, 0.05) is 45.3 Å². The number of nitrogens with zero attached hydrogens (tertiary/aromatic N) is 3. The molecule has 2 aromatic carbocycles. The van der Waals surface area contributed by atoms with E-state index in [0.29, 0.717) is 30.8 Å². The van der Waals surface area contributed by atoms with Crippen molar-refractivity contribution in [2.24, 2.45) is 0 Å². The van der Waals surface area contributed by atoms with Gasteiger partial charge >= 0.3 is 0 Å². The summed E-state index contributed by atoms with van der Waals surface area (Å²) >= 11 is 0. The topological polar surface area (TPSA) is 70.2 Å². The molecule has 1 aliphatic rings. The van der Waals surface area contributed by atoms with Crippen molar-refractivity contribution in [3.63, 3.8) is 0 Å². The molecule has 0 atom stereocenters. The van der Waals surface area contributed by atoms with Gasteiger partial charge in [0.15, 0.2) is 0 Å². The van der Waals surface area contributed by atoms with Crippen molar-refractivity contribution in [1.82, 2.24) is 14.1 Å². The van der Waals surface area contributed by atoms with Crippen LogP contribution in [0.5, 0.6) is 5.75 Å². The van der Waals surface area contributed by atoms with E-state index in [1.165, 1.54) is 0 Å². The molecule has 0 aromatic heterocycles. The third-order valence-electron chi connectivity index (χ3n) is 5.33. The van der Waals surface area contributed by atoms with Crippen molar-refractivity contribution in [3.05, 3.63) is 65.2 Å². The Labute approximate surface area is 178 Å². The molecule has 8 heteroatoms. The minimum absolute atomic E-state index is 0.0487. The van der Waals surface area contributed by atoms with Crippen molar-refractivity contribution >= 4 is 15.9 Å². The molecule has 162 valence electrons. The number of hydrogen-bond donors (Lipinski definition) is 0. The fourth-order valence-electron chi connectivity index (χ4n) is 3.41. The van der Waals surface area contributed by atoms with Gasteiger partial charge < -0.3 is 14.5 Å². The molecular formula is C22H29N3O4S. The Kier molecular flexibility index (Phi) is 7.12. The molecule has 0 unspecified atom stereocenters. The van der Waals surface area contributed by atoms with E-state index in [9.17, 15) is 13.2 Å². The van der Waals surface area contributed by atoms with Crippen LogP contribution < -0.4 is 4.74 Å². The number of piperazine rings is 1. The van der Waals surface area contributed by atoms with Gasteiger partial charge in [-0.2, -0.15) is 4.31 Å². The summed E-state index contributed by atoms with van der Waals surface area (Å²) in [4.78, 5) is 16.5. The number of methoxy groups -OCH3 is 1. The van der Waals surface area contributed by atoms with Gasteiger partial charge in [0.05, 0.1) is 12.9 Å². The maximum atomic E-state index is 12.7. The third kappa shape index (κ3) is 5.59. The van der Waals surface area contributed by atoms with E-state index >= 15 is 0 Å². The fourth-order valence-corrected chi connectivity index (χ4v) is 4.92. The Hall–Kier alpha value is -2.42. The molecule has 0 bridgehead atoms. The van der Waals surface area contributed by atoms with E-state index in [0.717, 1.165) is 24.4 Å². The Morgan fingerprint density at radius 3 is 2.10 bits per heavy atom. The van der Waals surface area contributed by atoms with Gasteiger partial charge in [-0.25, -0.2) is 8.42 Å². The van der Waals surface area contributed by atoms with Crippen LogP contribution >= 0.6 is 0 Å². The molecule has 1 saturated heterocycles. The largest absolute Gasteiger partial charge is 0.497 e. The molecule has 0 N–H and O–H groups in total. The summed E-state index contributed by atoms with van der Waals surface area (Å²) < 4.78 is 32.0. The average molecular weight is 432 g/mol. The summed E-state index contributed by atoms with van der Waals surface area (Å²) in [5, 5.41) is 0. The summed E-state index contributed by atoms with van der Waals surface area (Å²) in [6.07, 6.45) is 0. The van der Waals surface area contributed by atoms with Gasteiger partial charge in [-0.05, 0) is 42.4 Å². The first kappa shape index (κ1) is 22.3. The number of amides is 1. The van der Waals surface area contributed by atoms with Crippen LogP contribution in [0.25, 0.3) is 0 Å². The minimum atomic E-state index is -3.35. The van der Waals surface area contributed by atoms with E-state index in [1.54, 1.807) is 47.6 Å². The first-order valence-electron chi connectivity index (χ1n) is 9.92. The van der Waals surface area contributed by atoms with Gasteiger partial charge in [0.25, 0.3) is 5.91 Å². The molecule has 0 radical (unpaired) electrons. The third-order valence-corrected chi connectivity index (χ3v) is 7.18. The highest BCUT2D eigenvalue weighted by atomic mass is 32.2. The zero-order valence-corrected chi connectivity index (χ0v) is 18.6. The normalized spacial score (nSPS) is 15.7. The van der Waals surface area contributed by atoms with Crippen molar-refractivity contribution in [2.45, 2.75) is 12.3 Å². The van der Waals surface area contributed by atoms with Gasteiger partial charge in [-0.1, -0.05) is 24.3 Å². The van der Waals surface area contributed by atoms with E-state index in [2.05, 4.69) is 4.90 Å². The quantitative estimate of drug-likeness (QED) is 0.671. The Morgan fingerprint density at radius 1 is 0.967 bits per heavy atom. The lowest BCUT2D eigenvalue weighted by molar-refractivity contribution is 0.0785. The molecule has 0 spiro atoms. The number of rotatable bonds is 7. The molecule has 2 aromatic rings. The Bertz CT molecular complexity index is 951. The maximum absolute atomic E-state index is 12.7. The summed E-state index contributed by atoms with van der Waals surface area (Å²) in [6.45, 7) is 3.00. The van der Waals surface area contributed by atoms with Crippen molar-refractivity contribution in [2.75, 3.05) is 47.4 Å². The predicted molar refractivity (Wildman–Crippen MR) is 117 cm³/mol. The second-order valence-corrected chi connectivity index (χ2v) is 9.63. The smallest absolute Gasteiger partial charge is 0.253 e. The first-order valence-corrected chi connectivity index (χ1v) is 11.5. The molecule has 0 saturated carbocycles. The average Bonchev–Trinajstić information content (AvgIpc) is 2.74. The summed E-state index contributed by atoms with van der Waals surface area (Å²) in [5.74, 6) is 0.613. The molecule has 7 nitrogen and oxygen atoms in total. The van der Waals surface area contributed by atoms with Gasteiger partial charge in [0.2, 0.25) is 10.0 Å². The maximum Gasteiger partial charge on any atom is 0.253 e. The standard InChI is InChI=1S/C22H29N3O4S/c1-23-12-14-25(15-13-23)30(27,28)17-19-4-8-20(9-5-19)22(26)24(2)16-18-6-10-21(29-3)11-7-18/h4-11H,12-17H2,1-3H3. The zero-order chi connectivity index (χ0) is 21.7. The Morgan fingerprint density at radius 2 is 1.53 bits per heavy atom. The molecule has 1 aliphatic heterocycles. The van der Waals surface area contributed by atoms with Crippen LogP contribution in [0.3, 0.4) is 0 Å². The van der Waals surface area contributed by atoms with Crippen LogP contribution in [0.4, 0.5) is 0 Å². The van der Waals surface area contributed by atoms with Gasteiger partial charge in [-0.3, -0.25) is 4.79 Å². The number of likely N-dealkylation sites (N-methyl/N-ethyl adjacent to an activating group) is 1. The van der Waals surface area contributed by atoms with Crippen molar-refractivity contribution in [1.29, 1.82) is 0 Å². The Balaban J connectivity index is 1.60. The van der Waals surface area contributed by atoms with Crippen molar-refractivity contribution < 1.29 is 17.9 Å². The summed E-state index contributed by atoms with van der Waals surface area (Å²) in [6, 6.07) is 14.4. The zero-order valence-electron chi connectivity index (χ0n) is 17.7. The predicted octanol–water partition coefficient (Wildman–Crippen LogP) is 2.04. The van der Waals surface area contributed by atoms with Crippen LogP contribution in [-0.4, -0.2) is 75.8 Å². The number of carbonyl (C=O) groups is 1. The SMILES string of the molecule is COc1ccc(CN(C)C(=O)c2ccc(CS(=O)(=O)N3CCN(C)CC3)cc2)cc1. The molecule has 30 heavy (non-hydrogen) atoms. The molecule has 1 fully saturated rings. The summed E-state index contributed by atoms with van der Waals surface area (Å²) in [7, 11) is 2.00. The van der Waals surface area contributed by atoms with E-state index in [-0.39, 0.29) is 11.7 Å². The fraction of sp³-hybridized carbons (Fsp3) is 0.409. The second-order valence-electron chi connectivity index (χ2n) is 7.66. The van der Waals surface area contributed by atoms with Crippen LogP contribution in [0.2, 0.25) is 0 Å².